The molecule has 10 nitrogen and oxygen atoms in total. The lowest BCUT2D eigenvalue weighted by Crippen LogP contribution is -2.01. The largest absolute Gasteiger partial charge is 0.478 e. The highest BCUT2D eigenvalue weighted by Gasteiger charge is 2.21. The van der Waals surface area contributed by atoms with Crippen LogP contribution in [0.5, 0.6) is 0 Å². The average molecular weight is 404 g/mol. The first-order valence-electron chi connectivity index (χ1n) is 8.56. The summed E-state index contributed by atoms with van der Waals surface area (Å²) in [6, 6.07) is 12.9. The zero-order chi connectivity index (χ0) is 21.4. The molecule has 0 amide bonds. The molecule has 0 fully saturated rings. The number of aromatic carboxylic acids is 2. The standard InChI is InChI=1S/C20H12N4O6/c25-19(26)11-6-4-10(5-7-11)15-9-14(20(27)28)16-17(22-23-18(16)21-15)12-2-1-3-13(8-12)24(29)30/h1-9H,(H,25,26)(H,27,28)(H,21,22,23). The molecule has 10 heteroatoms. The van der Waals surface area contributed by atoms with E-state index < -0.39 is 16.9 Å². The van der Waals surface area contributed by atoms with Gasteiger partial charge in [0.2, 0.25) is 0 Å². The van der Waals surface area contributed by atoms with Gasteiger partial charge in [-0.15, -0.1) is 0 Å². The first-order chi connectivity index (χ1) is 14.3. The van der Waals surface area contributed by atoms with Gasteiger partial charge in [-0.1, -0.05) is 24.3 Å². The zero-order valence-electron chi connectivity index (χ0n) is 15.1. The van der Waals surface area contributed by atoms with Crippen LogP contribution in [-0.4, -0.2) is 42.3 Å². The molecule has 148 valence electrons. The van der Waals surface area contributed by atoms with Crippen LogP contribution in [0, 0.1) is 10.1 Å². The third kappa shape index (κ3) is 3.22. The maximum Gasteiger partial charge on any atom is 0.336 e. The first-order valence-corrected chi connectivity index (χ1v) is 8.56. The molecule has 2 aromatic carbocycles. The Kier molecular flexibility index (Phi) is 4.43. The number of nitrogens with zero attached hydrogens (tertiary/aromatic N) is 3. The summed E-state index contributed by atoms with van der Waals surface area (Å²) in [5.74, 6) is -2.30. The van der Waals surface area contributed by atoms with Crippen LogP contribution in [0.2, 0.25) is 0 Å². The minimum Gasteiger partial charge on any atom is -0.478 e. The highest BCUT2D eigenvalue weighted by atomic mass is 16.6. The summed E-state index contributed by atoms with van der Waals surface area (Å²) in [6.07, 6.45) is 0. The van der Waals surface area contributed by atoms with E-state index in [2.05, 4.69) is 15.2 Å². The number of nitro groups is 1. The van der Waals surface area contributed by atoms with Crippen LogP contribution < -0.4 is 0 Å². The highest BCUT2D eigenvalue weighted by Crippen LogP contribution is 2.32. The lowest BCUT2D eigenvalue weighted by molar-refractivity contribution is -0.384. The fourth-order valence-electron chi connectivity index (χ4n) is 3.11. The zero-order valence-corrected chi connectivity index (χ0v) is 15.1. The molecule has 0 radical (unpaired) electrons. The van der Waals surface area contributed by atoms with Gasteiger partial charge in [-0.25, -0.2) is 14.6 Å². The van der Waals surface area contributed by atoms with Gasteiger partial charge in [0.05, 0.1) is 32.8 Å². The number of carboxylic acids is 2. The van der Waals surface area contributed by atoms with Crippen molar-refractivity contribution in [2.45, 2.75) is 0 Å². The van der Waals surface area contributed by atoms with E-state index in [1.165, 1.54) is 48.5 Å². The number of hydrogen-bond donors (Lipinski definition) is 3. The van der Waals surface area contributed by atoms with Crippen LogP contribution in [0.4, 0.5) is 5.69 Å². The molecule has 0 saturated carbocycles. The molecular formula is C20H12N4O6. The third-order valence-corrected chi connectivity index (χ3v) is 4.53. The monoisotopic (exact) mass is 404 g/mol. The van der Waals surface area contributed by atoms with E-state index in [9.17, 15) is 24.8 Å². The Hall–Kier alpha value is -4.60. The van der Waals surface area contributed by atoms with Crippen molar-refractivity contribution in [3.63, 3.8) is 0 Å². The van der Waals surface area contributed by atoms with Crippen molar-refractivity contribution in [2.24, 2.45) is 0 Å². The Bertz CT molecular complexity index is 1330. The maximum atomic E-state index is 11.9. The first kappa shape index (κ1) is 18.7. The van der Waals surface area contributed by atoms with Crippen LogP contribution in [0.3, 0.4) is 0 Å². The van der Waals surface area contributed by atoms with Gasteiger partial charge in [0.15, 0.2) is 5.65 Å². The molecule has 0 bridgehead atoms. The summed E-state index contributed by atoms with van der Waals surface area (Å²) in [5.41, 5.74) is 1.49. The molecule has 4 rings (SSSR count). The molecule has 0 aliphatic rings. The van der Waals surface area contributed by atoms with Crippen molar-refractivity contribution in [2.75, 3.05) is 0 Å². The van der Waals surface area contributed by atoms with Crippen molar-refractivity contribution >= 4 is 28.7 Å². The molecule has 0 unspecified atom stereocenters. The van der Waals surface area contributed by atoms with Gasteiger partial charge in [-0.2, -0.15) is 5.10 Å². The third-order valence-electron chi connectivity index (χ3n) is 4.53. The summed E-state index contributed by atoms with van der Waals surface area (Å²) in [7, 11) is 0. The molecule has 0 aliphatic carbocycles. The van der Waals surface area contributed by atoms with E-state index in [1.54, 1.807) is 6.07 Å². The number of aromatic amines is 1. The predicted octanol–water partition coefficient (Wildman–Crippen LogP) is 3.60. The number of nitrogens with one attached hydrogen (secondary N) is 1. The normalized spacial score (nSPS) is 10.8. The summed E-state index contributed by atoms with van der Waals surface area (Å²) >= 11 is 0. The SMILES string of the molecule is O=C(O)c1ccc(-c2cc(C(=O)O)c3c(-c4cccc([N+](=O)[O-])c4)[nH]nc3n2)cc1. The maximum absolute atomic E-state index is 11.9. The number of fused-ring (bicyclic) bond motifs is 1. The van der Waals surface area contributed by atoms with Crippen molar-refractivity contribution in [1.82, 2.24) is 15.2 Å². The van der Waals surface area contributed by atoms with Gasteiger partial charge in [0.25, 0.3) is 5.69 Å². The smallest absolute Gasteiger partial charge is 0.336 e. The minimum atomic E-state index is -1.22. The Balaban J connectivity index is 1.89. The lowest BCUT2D eigenvalue weighted by Gasteiger charge is -2.06. The van der Waals surface area contributed by atoms with Crippen LogP contribution in [0.15, 0.2) is 54.6 Å². The van der Waals surface area contributed by atoms with Crippen molar-refractivity contribution < 1.29 is 24.7 Å². The molecule has 0 spiro atoms. The number of H-pyrrole nitrogens is 1. The van der Waals surface area contributed by atoms with E-state index in [0.29, 0.717) is 22.5 Å². The fourth-order valence-corrected chi connectivity index (χ4v) is 3.11. The second kappa shape index (κ2) is 7.09. The molecule has 0 saturated heterocycles. The van der Waals surface area contributed by atoms with Crippen LogP contribution in [0.1, 0.15) is 20.7 Å². The van der Waals surface area contributed by atoms with Gasteiger partial charge in [-0.05, 0) is 18.2 Å². The number of hydrogen-bond acceptors (Lipinski definition) is 6. The van der Waals surface area contributed by atoms with E-state index in [0.717, 1.165) is 0 Å². The van der Waals surface area contributed by atoms with Gasteiger partial charge < -0.3 is 10.2 Å². The topological polar surface area (TPSA) is 159 Å². The molecule has 2 heterocycles. The number of benzene rings is 2. The molecule has 4 aromatic rings. The van der Waals surface area contributed by atoms with Gasteiger partial charge >= 0.3 is 11.9 Å². The van der Waals surface area contributed by atoms with Gasteiger partial charge in [0.1, 0.15) is 0 Å². The van der Waals surface area contributed by atoms with Crippen LogP contribution in [-0.2, 0) is 0 Å². The molecular weight excluding hydrogens is 392 g/mol. The van der Waals surface area contributed by atoms with E-state index in [4.69, 9.17) is 5.11 Å². The number of non-ortho nitro benzene ring substituents is 1. The Morgan fingerprint density at radius 3 is 2.33 bits per heavy atom. The van der Waals surface area contributed by atoms with Crippen LogP contribution in [0.25, 0.3) is 33.5 Å². The van der Waals surface area contributed by atoms with E-state index >= 15 is 0 Å². The molecule has 0 aliphatic heterocycles. The second-order valence-corrected chi connectivity index (χ2v) is 6.35. The summed E-state index contributed by atoms with van der Waals surface area (Å²) in [5, 5.41) is 36.8. The van der Waals surface area contributed by atoms with Gasteiger partial charge in [-0.3, -0.25) is 15.2 Å². The number of carboxylic acid groups (broad SMARTS) is 2. The fraction of sp³-hybridized carbons (Fsp3) is 0. The Morgan fingerprint density at radius 2 is 1.70 bits per heavy atom. The predicted molar refractivity (Wildman–Crippen MR) is 105 cm³/mol. The number of aromatic nitrogens is 3. The molecule has 30 heavy (non-hydrogen) atoms. The van der Waals surface area contributed by atoms with Crippen molar-refractivity contribution in [1.29, 1.82) is 0 Å². The number of nitro benzene ring substituents is 1. The van der Waals surface area contributed by atoms with E-state index in [1.807, 2.05) is 0 Å². The highest BCUT2D eigenvalue weighted by molar-refractivity contribution is 6.08. The van der Waals surface area contributed by atoms with Crippen molar-refractivity contribution in [3.8, 4) is 22.5 Å². The van der Waals surface area contributed by atoms with Gasteiger partial charge in [0, 0.05) is 23.3 Å². The lowest BCUT2D eigenvalue weighted by atomic mass is 10.0. The molecule has 0 atom stereocenters. The number of carbonyl (C=O) groups is 2. The number of rotatable bonds is 5. The average Bonchev–Trinajstić information content (AvgIpc) is 3.17. The van der Waals surface area contributed by atoms with Crippen molar-refractivity contribution in [3.05, 3.63) is 75.8 Å². The quantitative estimate of drug-likeness (QED) is 0.336. The summed E-state index contributed by atoms with van der Waals surface area (Å²) < 4.78 is 0. The molecule has 3 N–H and O–H groups in total. The molecule has 2 aromatic heterocycles. The minimum absolute atomic E-state index is 0.0889. The van der Waals surface area contributed by atoms with E-state index in [-0.39, 0.29) is 27.8 Å². The summed E-state index contributed by atoms with van der Waals surface area (Å²) in [4.78, 5) is 37.9. The Labute approximate surface area is 167 Å². The second-order valence-electron chi connectivity index (χ2n) is 6.35. The Morgan fingerprint density at radius 1 is 0.967 bits per heavy atom. The number of pyridine rings is 1. The van der Waals surface area contributed by atoms with Crippen LogP contribution >= 0.6 is 0 Å². The summed E-state index contributed by atoms with van der Waals surface area (Å²) in [6.45, 7) is 0.